The zero-order valence-corrected chi connectivity index (χ0v) is 13.0. The van der Waals surface area contributed by atoms with Gasteiger partial charge < -0.3 is 15.4 Å². The Morgan fingerprint density at radius 2 is 1.95 bits per heavy atom. The fraction of sp³-hybridized carbons (Fsp3) is 0.562. The van der Waals surface area contributed by atoms with Crippen molar-refractivity contribution in [1.29, 1.82) is 0 Å². The number of carbonyl (C=O) groups is 1. The Balaban J connectivity index is 2.30. The summed E-state index contributed by atoms with van der Waals surface area (Å²) in [5.74, 6) is -0.250. The molecule has 5 heteroatoms. The van der Waals surface area contributed by atoms with E-state index in [4.69, 9.17) is 4.74 Å². The molecule has 0 fully saturated rings. The Hall–Kier alpha value is -1.46. The lowest BCUT2D eigenvalue weighted by molar-refractivity contribution is -0.122. The molecule has 2 unspecified atom stereocenters. The quantitative estimate of drug-likeness (QED) is 0.684. The van der Waals surface area contributed by atoms with Crippen molar-refractivity contribution in [3.05, 3.63) is 35.6 Å². The van der Waals surface area contributed by atoms with Crippen molar-refractivity contribution >= 4 is 5.91 Å². The van der Waals surface area contributed by atoms with E-state index in [1.165, 1.54) is 12.1 Å². The highest BCUT2D eigenvalue weighted by molar-refractivity contribution is 5.81. The van der Waals surface area contributed by atoms with Crippen molar-refractivity contribution in [3.63, 3.8) is 0 Å². The summed E-state index contributed by atoms with van der Waals surface area (Å²) in [6.07, 6.45) is 1.56. The van der Waals surface area contributed by atoms with Crippen molar-refractivity contribution in [2.75, 3.05) is 20.3 Å². The molecule has 0 heterocycles. The number of benzene rings is 1. The molecular weight excluding hydrogens is 271 g/mol. The first-order valence-corrected chi connectivity index (χ1v) is 7.30. The maximum absolute atomic E-state index is 12.8. The molecule has 0 bridgehead atoms. The first kappa shape index (κ1) is 17.6. The predicted octanol–water partition coefficient (Wildman–Crippen LogP) is 1.89. The largest absolute Gasteiger partial charge is 0.385 e. The summed E-state index contributed by atoms with van der Waals surface area (Å²) in [4.78, 5) is 11.9. The van der Waals surface area contributed by atoms with Crippen LogP contribution in [0, 0.1) is 5.82 Å². The molecule has 118 valence electrons. The van der Waals surface area contributed by atoms with E-state index in [1.54, 1.807) is 19.2 Å². The molecule has 2 atom stereocenters. The first-order chi connectivity index (χ1) is 10.0. The van der Waals surface area contributed by atoms with Crippen LogP contribution in [-0.2, 0) is 16.0 Å². The zero-order chi connectivity index (χ0) is 15.7. The number of amides is 1. The number of methoxy groups -OCH3 is 1. The topological polar surface area (TPSA) is 50.4 Å². The van der Waals surface area contributed by atoms with Gasteiger partial charge in [-0.25, -0.2) is 4.39 Å². The predicted molar refractivity (Wildman–Crippen MR) is 81.7 cm³/mol. The summed E-state index contributed by atoms with van der Waals surface area (Å²) in [7, 11) is 1.64. The molecule has 0 saturated carbocycles. The Morgan fingerprint density at radius 1 is 1.29 bits per heavy atom. The summed E-state index contributed by atoms with van der Waals surface area (Å²) < 4.78 is 17.8. The molecule has 0 saturated heterocycles. The van der Waals surface area contributed by atoms with Crippen LogP contribution in [0.5, 0.6) is 0 Å². The fourth-order valence-electron chi connectivity index (χ4n) is 2.12. The second-order valence-electron chi connectivity index (χ2n) is 5.26. The van der Waals surface area contributed by atoms with Crippen LogP contribution in [0.15, 0.2) is 24.3 Å². The average Bonchev–Trinajstić information content (AvgIpc) is 2.45. The van der Waals surface area contributed by atoms with Crippen LogP contribution >= 0.6 is 0 Å². The van der Waals surface area contributed by atoms with Gasteiger partial charge in [-0.05, 0) is 44.4 Å². The number of hydrogen-bond donors (Lipinski definition) is 2. The number of nitrogens with one attached hydrogen (secondary N) is 2. The zero-order valence-electron chi connectivity index (χ0n) is 13.0. The van der Waals surface area contributed by atoms with Gasteiger partial charge in [-0.3, -0.25) is 4.79 Å². The summed E-state index contributed by atoms with van der Waals surface area (Å²) in [5, 5.41) is 6.11. The van der Waals surface area contributed by atoms with Gasteiger partial charge in [0.2, 0.25) is 5.91 Å². The van der Waals surface area contributed by atoms with Gasteiger partial charge in [0.1, 0.15) is 5.82 Å². The Bertz CT molecular complexity index is 423. The highest BCUT2D eigenvalue weighted by Gasteiger charge is 2.14. The molecule has 1 aromatic carbocycles. The average molecular weight is 296 g/mol. The van der Waals surface area contributed by atoms with Crippen molar-refractivity contribution in [2.45, 2.75) is 38.8 Å². The van der Waals surface area contributed by atoms with Crippen LogP contribution in [0.4, 0.5) is 4.39 Å². The van der Waals surface area contributed by atoms with E-state index in [1.807, 2.05) is 13.8 Å². The summed E-state index contributed by atoms with van der Waals surface area (Å²) >= 11 is 0. The Kier molecular flexibility index (Phi) is 7.93. The van der Waals surface area contributed by atoms with Crippen LogP contribution < -0.4 is 10.6 Å². The lowest BCUT2D eigenvalue weighted by atomic mass is 10.1. The molecule has 0 aliphatic rings. The maximum atomic E-state index is 12.8. The highest BCUT2D eigenvalue weighted by atomic mass is 19.1. The van der Waals surface area contributed by atoms with Crippen LogP contribution in [0.2, 0.25) is 0 Å². The van der Waals surface area contributed by atoms with Gasteiger partial charge in [-0.2, -0.15) is 0 Å². The summed E-state index contributed by atoms with van der Waals surface area (Å²) in [6, 6.07) is 6.31. The summed E-state index contributed by atoms with van der Waals surface area (Å²) in [5.41, 5.74) is 1.05. The number of halogens is 1. The van der Waals surface area contributed by atoms with Gasteiger partial charge >= 0.3 is 0 Å². The smallest absolute Gasteiger partial charge is 0.236 e. The van der Waals surface area contributed by atoms with E-state index < -0.39 is 0 Å². The minimum absolute atomic E-state index is 0.0166. The van der Waals surface area contributed by atoms with Gasteiger partial charge in [0.15, 0.2) is 0 Å². The molecule has 2 N–H and O–H groups in total. The van der Waals surface area contributed by atoms with Gasteiger partial charge in [0.25, 0.3) is 0 Å². The molecule has 1 aromatic rings. The lowest BCUT2D eigenvalue weighted by Gasteiger charge is -2.19. The Morgan fingerprint density at radius 3 is 2.57 bits per heavy atom. The fourth-order valence-corrected chi connectivity index (χ4v) is 2.12. The monoisotopic (exact) mass is 296 g/mol. The molecule has 0 spiro atoms. The highest BCUT2D eigenvalue weighted by Crippen LogP contribution is 2.06. The van der Waals surface area contributed by atoms with Crippen LogP contribution in [0.3, 0.4) is 0 Å². The van der Waals surface area contributed by atoms with Gasteiger partial charge in [0.05, 0.1) is 6.04 Å². The molecular formula is C16H25FN2O2. The number of ether oxygens (including phenoxy) is 1. The third kappa shape index (κ3) is 7.20. The Labute approximate surface area is 126 Å². The van der Waals surface area contributed by atoms with Crippen molar-refractivity contribution in [2.24, 2.45) is 0 Å². The van der Waals surface area contributed by atoms with E-state index in [2.05, 4.69) is 10.6 Å². The number of hydrogen-bond acceptors (Lipinski definition) is 3. The molecule has 0 aromatic heterocycles. The van der Waals surface area contributed by atoms with Gasteiger partial charge in [-0.15, -0.1) is 0 Å². The standard InChI is InChI=1S/C16H25FN2O2/c1-12(11-14-5-7-15(17)8-6-14)19-13(2)16(20)18-9-4-10-21-3/h5-8,12-13,19H,4,9-11H2,1-3H3,(H,18,20). The van der Waals surface area contributed by atoms with Crippen molar-refractivity contribution in [1.82, 2.24) is 10.6 Å². The van der Waals surface area contributed by atoms with E-state index in [0.717, 1.165) is 18.4 Å². The van der Waals surface area contributed by atoms with Gasteiger partial charge in [0, 0.05) is 26.3 Å². The molecule has 1 rings (SSSR count). The molecule has 0 aliphatic heterocycles. The number of carbonyl (C=O) groups excluding carboxylic acids is 1. The summed E-state index contributed by atoms with van der Waals surface area (Å²) in [6.45, 7) is 5.11. The molecule has 0 radical (unpaired) electrons. The van der Waals surface area contributed by atoms with Crippen molar-refractivity contribution < 1.29 is 13.9 Å². The lowest BCUT2D eigenvalue weighted by Crippen LogP contribution is -2.46. The SMILES string of the molecule is COCCCNC(=O)C(C)NC(C)Cc1ccc(F)cc1. The van der Waals surface area contributed by atoms with Crippen molar-refractivity contribution in [3.8, 4) is 0 Å². The van der Waals surface area contributed by atoms with Crippen LogP contribution in [0.1, 0.15) is 25.8 Å². The van der Waals surface area contributed by atoms with E-state index in [-0.39, 0.29) is 23.8 Å². The normalized spacial score (nSPS) is 13.7. The van der Waals surface area contributed by atoms with E-state index in [9.17, 15) is 9.18 Å². The molecule has 21 heavy (non-hydrogen) atoms. The molecule has 0 aliphatic carbocycles. The van der Waals surface area contributed by atoms with Crippen LogP contribution in [-0.4, -0.2) is 38.3 Å². The van der Waals surface area contributed by atoms with E-state index >= 15 is 0 Å². The minimum Gasteiger partial charge on any atom is -0.385 e. The third-order valence-corrected chi connectivity index (χ3v) is 3.21. The van der Waals surface area contributed by atoms with Gasteiger partial charge in [-0.1, -0.05) is 12.1 Å². The molecule has 1 amide bonds. The first-order valence-electron chi connectivity index (χ1n) is 7.30. The maximum Gasteiger partial charge on any atom is 0.236 e. The second kappa shape index (κ2) is 9.47. The number of rotatable bonds is 9. The second-order valence-corrected chi connectivity index (χ2v) is 5.26. The van der Waals surface area contributed by atoms with E-state index in [0.29, 0.717) is 13.2 Å². The minimum atomic E-state index is -0.261. The third-order valence-electron chi connectivity index (χ3n) is 3.21. The van der Waals surface area contributed by atoms with Crippen LogP contribution in [0.25, 0.3) is 0 Å². The molecule has 4 nitrogen and oxygen atoms in total.